The van der Waals surface area contributed by atoms with E-state index in [1.54, 1.807) is 0 Å². The van der Waals surface area contributed by atoms with Crippen LogP contribution in [0.5, 0.6) is 0 Å². The quantitative estimate of drug-likeness (QED) is 0.771. The summed E-state index contributed by atoms with van der Waals surface area (Å²) in [5.74, 6) is 0. The van der Waals surface area contributed by atoms with E-state index in [4.69, 9.17) is 5.26 Å². The van der Waals surface area contributed by atoms with E-state index in [1.807, 2.05) is 19.3 Å². The summed E-state index contributed by atoms with van der Waals surface area (Å²) in [6.45, 7) is 2.93. The molecule has 0 amide bonds. The minimum atomic E-state index is 0.315. The fourth-order valence-corrected chi connectivity index (χ4v) is 1.40. The van der Waals surface area contributed by atoms with Gasteiger partial charge in [-0.05, 0) is 18.6 Å². The van der Waals surface area contributed by atoms with Crippen LogP contribution in [0.2, 0.25) is 0 Å². The molecule has 0 aromatic carbocycles. The molecule has 0 aliphatic rings. The summed E-state index contributed by atoms with van der Waals surface area (Å²) in [5.41, 5.74) is 1.25. The molecule has 3 heteroatoms. The smallest absolute Gasteiger partial charge is 0.0638 e. The van der Waals surface area contributed by atoms with Crippen LogP contribution in [-0.4, -0.2) is 10.6 Å². The van der Waals surface area contributed by atoms with Gasteiger partial charge < -0.3 is 9.88 Å². The van der Waals surface area contributed by atoms with Crippen molar-refractivity contribution in [2.24, 2.45) is 7.05 Å². The van der Waals surface area contributed by atoms with Crippen molar-refractivity contribution in [1.29, 1.82) is 5.26 Å². The lowest BCUT2D eigenvalue weighted by Gasteiger charge is -2.13. The van der Waals surface area contributed by atoms with E-state index in [0.29, 0.717) is 12.5 Å². The summed E-state index contributed by atoms with van der Waals surface area (Å²) in [7, 11) is 2.03. The van der Waals surface area contributed by atoms with E-state index in [9.17, 15) is 0 Å². The highest BCUT2D eigenvalue weighted by atomic mass is 15.0. The summed E-state index contributed by atoms with van der Waals surface area (Å²) in [6.07, 6.45) is 3.61. The molecule has 0 bridgehead atoms. The predicted molar refractivity (Wildman–Crippen MR) is 56.6 cm³/mol. The minimum absolute atomic E-state index is 0.315. The fourth-order valence-electron chi connectivity index (χ4n) is 1.40. The van der Waals surface area contributed by atoms with Crippen molar-refractivity contribution in [3.8, 4) is 6.07 Å². The first kappa shape index (κ1) is 10.8. The van der Waals surface area contributed by atoms with Crippen molar-refractivity contribution < 1.29 is 0 Å². The highest BCUT2D eigenvalue weighted by Gasteiger charge is 2.05. The van der Waals surface area contributed by atoms with Gasteiger partial charge in [0.05, 0.1) is 12.5 Å². The first-order chi connectivity index (χ1) is 6.77. The first-order valence-corrected chi connectivity index (χ1v) is 4.98. The molecule has 1 N–H and O–H groups in total. The number of nitrogens with zero attached hydrogens (tertiary/aromatic N) is 2. The number of nitriles is 1. The second kappa shape index (κ2) is 5.46. The van der Waals surface area contributed by atoms with Gasteiger partial charge in [0.2, 0.25) is 0 Å². The molecule has 0 saturated carbocycles. The Hall–Kier alpha value is -1.27. The molecule has 0 spiro atoms. The van der Waals surface area contributed by atoms with Crippen LogP contribution in [0.25, 0.3) is 0 Å². The van der Waals surface area contributed by atoms with E-state index in [2.05, 4.69) is 28.9 Å². The van der Waals surface area contributed by atoms with Gasteiger partial charge in [0.25, 0.3) is 0 Å². The maximum Gasteiger partial charge on any atom is 0.0638 e. The van der Waals surface area contributed by atoms with Gasteiger partial charge in [0.15, 0.2) is 0 Å². The SMILES string of the molecule is CCC(CC#N)NCc1cccn1C. The normalized spacial score (nSPS) is 12.4. The Morgan fingerprint density at radius 1 is 1.64 bits per heavy atom. The Morgan fingerprint density at radius 2 is 2.43 bits per heavy atom. The second-order valence-electron chi connectivity index (χ2n) is 3.46. The monoisotopic (exact) mass is 191 g/mol. The summed E-state index contributed by atoms with van der Waals surface area (Å²) < 4.78 is 2.09. The summed E-state index contributed by atoms with van der Waals surface area (Å²) in [4.78, 5) is 0. The Kier molecular flexibility index (Phi) is 4.21. The molecule has 0 saturated heterocycles. The van der Waals surface area contributed by atoms with Crippen LogP contribution in [0.4, 0.5) is 0 Å². The second-order valence-corrected chi connectivity index (χ2v) is 3.46. The van der Waals surface area contributed by atoms with Gasteiger partial charge in [-0.2, -0.15) is 5.26 Å². The van der Waals surface area contributed by atoms with E-state index in [0.717, 1.165) is 13.0 Å². The standard InChI is InChI=1S/C11H17N3/c1-3-10(6-7-12)13-9-11-5-4-8-14(11)2/h4-5,8,10,13H,3,6,9H2,1-2H3. The van der Waals surface area contributed by atoms with Crippen LogP contribution in [0, 0.1) is 11.3 Å². The molecule has 3 nitrogen and oxygen atoms in total. The summed E-state index contributed by atoms with van der Waals surface area (Å²) in [6, 6.07) is 6.63. The number of aromatic nitrogens is 1. The Bertz CT molecular complexity index is 309. The third-order valence-corrected chi connectivity index (χ3v) is 2.45. The van der Waals surface area contributed by atoms with E-state index < -0.39 is 0 Å². The van der Waals surface area contributed by atoms with Gasteiger partial charge in [-0.25, -0.2) is 0 Å². The van der Waals surface area contributed by atoms with Gasteiger partial charge in [-0.1, -0.05) is 6.92 Å². The van der Waals surface area contributed by atoms with Gasteiger partial charge in [0.1, 0.15) is 0 Å². The number of aryl methyl sites for hydroxylation is 1. The summed E-state index contributed by atoms with van der Waals surface area (Å²) >= 11 is 0. The average Bonchev–Trinajstić information content (AvgIpc) is 2.59. The van der Waals surface area contributed by atoms with Crippen LogP contribution in [0.15, 0.2) is 18.3 Å². The first-order valence-electron chi connectivity index (χ1n) is 4.98. The predicted octanol–water partition coefficient (Wildman–Crippen LogP) is 1.81. The largest absolute Gasteiger partial charge is 0.353 e. The highest BCUT2D eigenvalue weighted by molar-refractivity contribution is 5.06. The lowest BCUT2D eigenvalue weighted by Crippen LogP contribution is -2.28. The zero-order valence-corrected chi connectivity index (χ0v) is 8.83. The fraction of sp³-hybridized carbons (Fsp3) is 0.545. The molecular weight excluding hydrogens is 174 g/mol. The molecule has 1 heterocycles. The Morgan fingerprint density at radius 3 is 2.93 bits per heavy atom. The zero-order valence-electron chi connectivity index (χ0n) is 8.83. The molecule has 1 atom stereocenters. The van der Waals surface area contributed by atoms with Crippen molar-refractivity contribution in [1.82, 2.24) is 9.88 Å². The van der Waals surface area contributed by atoms with E-state index >= 15 is 0 Å². The van der Waals surface area contributed by atoms with Crippen LogP contribution < -0.4 is 5.32 Å². The number of rotatable bonds is 5. The topological polar surface area (TPSA) is 40.8 Å². The van der Waals surface area contributed by atoms with Gasteiger partial charge >= 0.3 is 0 Å². The summed E-state index contributed by atoms with van der Waals surface area (Å²) in [5, 5.41) is 12.0. The van der Waals surface area contributed by atoms with Crippen molar-refractivity contribution >= 4 is 0 Å². The molecule has 0 aliphatic carbocycles. The molecule has 14 heavy (non-hydrogen) atoms. The lowest BCUT2D eigenvalue weighted by atomic mass is 10.1. The zero-order chi connectivity index (χ0) is 10.4. The van der Waals surface area contributed by atoms with Gasteiger partial charge in [-0.3, -0.25) is 0 Å². The number of nitrogens with one attached hydrogen (secondary N) is 1. The van der Waals surface area contributed by atoms with Crippen LogP contribution >= 0.6 is 0 Å². The molecule has 1 aromatic rings. The maximum atomic E-state index is 8.58. The Labute approximate surface area is 85.3 Å². The molecule has 76 valence electrons. The molecule has 1 unspecified atom stereocenters. The van der Waals surface area contributed by atoms with Gasteiger partial charge in [0, 0.05) is 31.5 Å². The molecular formula is C11H17N3. The van der Waals surface area contributed by atoms with Crippen molar-refractivity contribution in [3.05, 3.63) is 24.0 Å². The molecule has 1 rings (SSSR count). The number of hydrogen-bond acceptors (Lipinski definition) is 2. The van der Waals surface area contributed by atoms with Crippen LogP contribution in [0.1, 0.15) is 25.5 Å². The maximum absolute atomic E-state index is 8.58. The molecule has 0 aliphatic heterocycles. The highest BCUT2D eigenvalue weighted by Crippen LogP contribution is 2.02. The molecule has 0 fully saturated rings. The van der Waals surface area contributed by atoms with E-state index in [-0.39, 0.29) is 0 Å². The lowest BCUT2D eigenvalue weighted by molar-refractivity contribution is 0.495. The van der Waals surface area contributed by atoms with E-state index in [1.165, 1.54) is 5.69 Å². The van der Waals surface area contributed by atoms with Crippen molar-refractivity contribution in [3.63, 3.8) is 0 Å². The molecule has 0 radical (unpaired) electrons. The van der Waals surface area contributed by atoms with Crippen molar-refractivity contribution in [2.45, 2.75) is 32.4 Å². The van der Waals surface area contributed by atoms with Crippen LogP contribution in [-0.2, 0) is 13.6 Å². The molecule has 1 aromatic heterocycles. The van der Waals surface area contributed by atoms with Crippen molar-refractivity contribution in [2.75, 3.05) is 0 Å². The average molecular weight is 191 g/mol. The van der Waals surface area contributed by atoms with Gasteiger partial charge in [-0.15, -0.1) is 0 Å². The third kappa shape index (κ3) is 2.90. The third-order valence-electron chi connectivity index (χ3n) is 2.45. The Balaban J connectivity index is 2.40. The number of hydrogen-bond donors (Lipinski definition) is 1. The minimum Gasteiger partial charge on any atom is -0.353 e. The van der Waals surface area contributed by atoms with Crippen LogP contribution in [0.3, 0.4) is 0 Å².